The summed E-state index contributed by atoms with van der Waals surface area (Å²) in [6.45, 7) is 0.588. The van der Waals surface area contributed by atoms with Crippen molar-refractivity contribution in [2.75, 3.05) is 0 Å². The maximum absolute atomic E-state index is 8.93. The maximum Gasteiger partial charge on any atom is 0.119 e. The van der Waals surface area contributed by atoms with E-state index in [1.807, 2.05) is 48.5 Å². The van der Waals surface area contributed by atoms with Crippen LogP contribution in [0.25, 0.3) is 0 Å². The van der Waals surface area contributed by atoms with E-state index in [9.17, 15) is 0 Å². The zero-order valence-electron chi connectivity index (χ0n) is 9.27. The summed E-state index contributed by atoms with van der Waals surface area (Å²) in [6, 6.07) is 15.4. The molecule has 0 atom stereocenters. The topological polar surface area (TPSA) is 29.5 Å². The Morgan fingerprint density at radius 1 is 1.00 bits per heavy atom. The third kappa shape index (κ3) is 3.32. The highest BCUT2D eigenvalue weighted by Crippen LogP contribution is 2.19. The Labute approximate surface area is 109 Å². The predicted octanol–water partition coefficient (Wildman–Crippen LogP) is 3.52. The molecule has 0 bridgehead atoms. The molecule has 0 aliphatic heterocycles. The van der Waals surface area contributed by atoms with Crippen molar-refractivity contribution in [1.82, 2.24) is 0 Å². The molecule has 3 heteroatoms. The largest absolute Gasteiger partial charge is 0.489 e. The fraction of sp³-hybridized carbons (Fsp3) is 0.143. The minimum absolute atomic E-state index is 0.0600. The first kappa shape index (κ1) is 12.1. The number of aliphatic hydroxyl groups is 1. The molecule has 2 aromatic carbocycles. The zero-order valence-corrected chi connectivity index (χ0v) is 10.9. The average molecular weight is 293 g/mol. The number of benzene rings is 2. The normalized spacial score (nSPS) is 10.2. The molecule has 17 heavy (non-hydrogen) atoms. The van der Waals surface area contributed by atoms with E-state index in [-0.39, 0.29) is 6.61 Å². The van der Waals surface area contributed by atoms with Crippen molar-refractivity contribution in [1.29, 1.82) is 0 Å². The summed E-state index contributed by atoms with van der Waals surface area (Å²) in [7, 11) is 0. The van der Waals surface area contributed by atoms with Crippen molar-refractivity contribution in [3.8, 4) is 5.75 Å². The molecule has 0 saturated carbocycles. The van der Waals surface area contributed by atoms with Gasteiger partial charge in [0, 0.05) is 10.0 Å². The third-order valence-corrected chi connectivity index (χ3v) is 3.23. The molecule has 88 valence electrons. The summed E-state index contributed by atoms with van der Waals surface area (Å²) < 4.78 is 6.71. The Morgan fingerprint density at radius 3 is 2.35 bits per heavy atom. The molecule has 0 unspecified atom stereocenters. The summed E-state index contributed by atoms with van der Waals surface area (Å²) in [5, 5.41) is 8.93. The molecule has 0 aliphatic carbocycles. The van der Waals surface area contributed by atoms with Crippen molar-refractivity contribution in [2.24, 2.45) is 0 Å². The fourth-order valence-corrected chi connectivity index (χ4v) is 1.87. The molecule has 2 aromatic rings. The average Bonchev–Trinajstić information content (AvgIpc) is 2.38. The van der Waals surface area contributed by atoms with Gasteiger partial charge in [-0.05, 0) is 23.8 Å². The lowest BCUT2D eigenvalue weighted by atomic mass is 10.2. The van der Waals surface area contributed by atoms with Gasteiger partial charge in [-0.1, -0.05) is 46.3 Å². The molecule has 2 nitrogen and oxygen atoms in total. The van der Waals surface area contributed by atoms with Crippen molar-refractivity contribution in [3.05, 3.63) is 64.1 Å². The van der Waals surface area contributed by atoms with Crippen LogP contribution in [-0.4, -0.2) is 5.11 Å². The lowest BCUT2D eigenvalue weighted by molar-refractivity contribution is 0.280. The molecular formula is C14H13BrO2. The Balaban J connectivity index is 2.00. The number of hydrogen-bond acceptors (Lipinski definition) is 2. The monoisotopic (exact) mass is 292 g/mol. The molecular weight excluding hydrogens is 280 g/mol. The summed E-state index contributed by atoms with van der Waals surface area (Å²) >= 11 is 3.48. The van der Waals surface area contributed by atoms with E-state index in [0.717, 1.165) is 21.3 Å². The van der Waals surface area contributed by atoms with E-state index in [2.05, 4.69) is 15.9 Å². The van der Waals surface area contributed by atoms with Crippen molar-refractivity contribution in [2.45, 2.75) is 13.2 Å². The molecule has 0 fully saturated rings. The SMILES string of the molecule is OCc1ccc(OCc2ccccc2Br)cc1. The molecule has 0 spiro atoms. The summed E-state index contributed by atoms with van der Waals surface area (Å²) in [4.78, 5) is 0. The van der Waals surface area contributed by atoms with Crippen LogP contribution >= 0.6 is 15.9 Å². The van der Waals surface area contributed by atoms with Crippen LogP contribution in [0.1, 0.15) is 11.1 Å². The Hall–Kier alpha value is -1.32. The maximum atomic E-state index is 8.93. The number of rotatable bonds is 4. The van der Waals surface area contributed by atoms with Gasteiger partial charge in [-0.15, -0.1) is 0 Å². The van der Waals surface area contributed by atoms with E-state index in [1.54, 1.807) is 0 Å². The van der Waals surface area contributed by atoms with Gasteiger partial charge in [-0.2, -0.15) is 0 Å². The third-order valence-electron chi connectivity index (χ3n) is 2.46. The van der Waals surface area contributed by atoms with E-state index < -0.39 is 0 Å². The van der Waals surface area contributed by atoms with Crippen LogP contribution < -0.4 is 4.74 Å². The second-order valence-electron chi connectivity index (χ2n) is 3.68. The van der Waals surface area contributed by atoms with Crippen molar-refractivity contribution in [3.63, 3.8) is 0 Å². The van der Waals surface area contributed by atoms with E-state index in [4.69, 9.17) is 9.84 Å². The first-order chi connectivity index (χ1) is 8.29. The van der Waals surface area contributed by atoms with Crippen LogP contribution in [0.15, 0.2) is 53.0 Å². The molecule has 1 N–H and O–H groups in total. The first-order valence-corrected chi connectivity index (χ1v) is 6.15. The number of aliphatic hydroxyl groups excluding tert-OH is 1. The van der Waals surface area contributed by atoms with Gasteiger partial charge < -0.3 is 9.84 Å². The molecule has 0 saturated heterocycles. The molecule has 0 radical (unpaired) electrons. The van der Waals surface area contributed by atoms with Crippen molar-refractivity contribution >= 4 is 15.9 Å². The highest BCUT2D eigenvalue weighted by molar-refractivity contribution is 9.10. The van der Waals surface area contributed by atoms with Gasteiger partial charge in [0.2, 0.25) is 0 Å². The molecule has 0 amide bonds. The lowest BCUT2D eigenvalue weighted by Crippen LogP contribution is -1.96. The van der Waals surface area contributed by atoms with Gasteiger partial charge in [0.25, 0.3) is 0 Å². The van der Waals surface area contributed by atoms with Crippen molar-refractivity contribution < 1.29 is 9.84 Å². The highest BCUT2D eigenvalue weighted by Gasteiger charge is 2.00. The Kier molecular flexibility index (Phi) is 4.18. The van der Waals surface area contributed by atoms with E-state index in [0.29, 0.717) is 6.61 Å². The van der Waals surface area contributed by atoms with Crippen LogP contribution in [0.2, 0.25) is 0 Å². The second-order valence-corrected chi connectivity index (χ2v) is 4.54. The van der Waals surface area contributed by atoms with Crippen LogP contribution in [0.3, 0.4) is 0 Å². The van der Waals surface area contributed by atoms with Gasteiger partial charge in [0.05, 0.1) is 6.61 Å². The standard InChI is InChI=1S/C14H13BrO2/c15-14-4-2-1-3-12(14)10-17-13-7-5-11(9-16)6-8-13/h1-8,16H,9-10H2. The molecule has 0 aliphatic rings. The summed E-state index contributed by atoms with van der Waals surface area (Å²) in [5.74, 6) is 0.804. The quantitative estimate of drug-likeness (QED) is 0.934. The van der Waals surface area contributed by atoms with E-state index >= 15 is 0 Å². The van der Waals surface area contributed by atoms with Gasteiger partial charge in [0.15, 0.2) is 0 Å². The minimum Gasteiger partial charge on any atom is -0.489 e. The van der Waals surface area contributed by atoms with Crippen LogP contribution in [0.5, 0.6) is 5.75 Å². The highest BCUT2D eigenvalue weighted by atomic mass is 79.9. The summed E-state index contributed by atoms with van der Waals surface area (Å²) in [5.41, 5.74) is 2.00. The lowest BCUT2D eigenvalue weighted by Gasteiger charge is -2.08. The number of ether oxygens (including phenoxy) is 1. The van der Waals surface area contributed by atoms with E-state index in [1.165, 1.54) is 0 Å². The molecule has 0 heterocycles. The summed E-state index contributed by atoms with van der Waals surface area (Å²) in [6.07, 6.45) is 0. The molecule has 0 aromatic heterocycles. The minimum atomic E-state index is 0.0600. The van der Waals surface area contributed by atoms with Gasteiger partial charge in [-0.25, -0.2) is 0 Å². The smallest absolute Gasteiger partial charge is 0.119 e. The zero-order chi connectivity index (χ0) is 12.1. The van der Waals surface area contributed by atoms with Gasteiger partial charge in [-0.3, -0.25) is 0 Å². The van der Waals surface area contributed by atoms with Crippen LogP contribution in [0, 0.1) is 0 Å². The number of hydrogen-bond donors (Lipinski definition) is 1. The van der Waals surface area contributed by atoms with Gasteiger partial charge in [0.1, 0.15) is 12.4 Å². The first-order valence-electron chi connectivity index (χ1n) is 5.35. The predicted molar refractivity (Wildman–Crippen MR) is 70.8 cm³/mol. The second kappa shape index (κ2) is 5.84. The Bertz CT molecular complexity index is 480. The van der Waals surface area contributed by atoms with Crippen LogP contribution in [0.4, 0.5) is 0 Å². The fourth-order valence-electron chi connectivity index (χ4n) is 1.47. The van der Waals surface area contributed by atoms with Gasteiger partial charge >= 0.3 is 0 Å². The Morgan fingerprint density at radius 2 is 1.71 bits per heavy atom. The number of halogens is 1. The molecule has 2 rings (SSSR count). The van der Waals surface area contributed by atoms with Crippen LogP contribution in [-0.2, 0) is 13.2 Å².